The number of amides is 1. The lowest BCUT2D eigenvalue weighted by Crippen LogP contribution is -2.46. The predicted molar refractivity (Wildman–Crippen MR) is 109 cm³/mol. The van der Waals surface area contributed by atoms with Crippen LogP contribution >= 0.6 is 11.6 Å². The Balaban J connectivity index is 2.25. The van der Waals surface area contributed by atoms with E-state index in [9.17, 15) is 14.4 Å². The summed E-state index contributed by atoms with van der Waals surface area (Å²) in [6.45, 7) is 1.93. The first-order valence-electron chi connectivity index (χ1n) is 8.86. The van der Waals surface area contributed by atoms with Gasteiger partial charge in [0.05, 0.1) is 19.3 Å². The summed E-state index contributed by atoms with van der Waals surface area (Å²) >= 11 is 6.19. The first-order chi connectivity index (χ1) is 14.0. The third-order valence-corrected chi connectivity index (χ3v) is 4.57. The lowest BCUT2D eigenvalue weighted by Gasteiger charge is -2.13. The van der Waals surface area contributed by atoms with Crippen molar-refractivity contribution < 1.29 is 9.53 Å². The Morgan fingerprint density at radius 2 is 1.93 bits per heavy atom. The molecule has 0 aliphatic carbocycles. The predicted octanol–water partition coefficient (Wildman–Crippen LogP) is 1.85. The van der Waals surface area contributed by atoms with Crippen LogP contribution in [0.2, 0.25) is 5.02 Å². The molecular formula is C20H19ClN4O4. The summed E-state index contributed by atoms with van der Waals surface area (Å²) in [5.41, 5.74) is -0.955. The van der Waals surface area contributed by atoms with Crippen LogP contribution in [0.4, 0.5) is 0 Å². The fraction of sp³-hybridized carbons (Fsp3) is 0.200. The quantitative estimate of drug-likeness (QED) is 0.664. The second kappa shape index (κ2) is 8.74. The maximum Gasteiger partial charge on any atom is 0.352 e. The topological polar surface area (TPSA) is 95.2 Å². The number of hydrogen-bond donors (Lipinski definition) is 1. The maximum absolute atomic E-state index is 13.1. The second-order valence-corrected chi connectivity index (χ2v) is 6.49. The number of nitrogens with zero attached hydrogens (tertiary/aromatic N) is 3. The highest BCUT2D eigenvalue weighted by atomic mass is 35.5. The van der Waals surface area contributed by atoms with E-state index in [-0.39, 0.29) is 12.2 Å². The van der Waals surface area contributed by atoms with E-state index in [1.807, 2.05) is 0 Å². The van der Waals surface area contributed by atoms with Crippen LogP contribution in [0.3, 0.4) is 0 Å². The zero-order valence-electron chi connectivity index (χ0n) is 15.9. The average Bonchev–Trinajstić information content (AvgIpc) is 2.72. The summed E-state index contributed by atoms with van der Waals surface area (Å²) in [5, 5.41) is 6.98. The third kappa shape index (κ3) is 4.22. The molecule has 1 aromatic heterocycles. The summed E-state index contributed by atoms with van der Waals surface area (Å²) in [6.07, 6.45) is 0. The van der Waals surface area contributed by atoms with Crippen molar-refractivity contribution >= 4 is 17.5 Å². The standard InChI is InChI=1S/C20H19ClN4O4/c1-3-22-18(26)17-19(27)24(12-13-7-4-5-10-16(13)21)20(28)25(23-17)14-8-6-9-15(11-14)29-2/h4-11H,3,12H2,1-2H3,(H,22,26). The molecule has 1 N–H and O–H groups in total. The normalized spacial score (nSPS) is 10.6. The van der Waals surface area contributed by atoms with Crippen molar-refractivity contribution in [2.45, 2.75) is 13.5 Å². The Labute approximate surface area is 171 Å². The van der Waals surface area contributed by atoms with Crippen LogP contribution in [-0.2, 0) is 6.54 Å². The van der Waals surface area contributed by atoms with Gasteiger partial charge in [-0.25, -0.2) is 4.79 Å². The van der Waals surface area contributed by atoms with Crippen molar-refractivity contribution in [3.05, 3.63) is 85.6 Å². The number of hydrogen-bond acceptors (Lipinski definition) is 5. The molecule has 1 heterocycles. The molecule has 3 rings (SSSR count). The molecule has 0 unspecified atom stereocenters. The molecule has 0 radical (unpaired) electrons. The fourth-order valence-electron chi connectivity index (χ4n) is 2.75. The third-order valence-electron chi connectivity index (χ3n) is 4.20. The van der Waals surface area contributed by atoms with Gasteiger partial charge in [-0.3, -0.25) is 14.2 Å². The summed E-state index contributed by atoms with van der Waals surface area (Å²) in [4.78, 5) is 38.4. The number of methoxy groups -OCH3 is 1. The second-order valence-electron chi connectivity index (χ2n) is 6.09. The lowest BCUT2D eigenvalue weighted by atomic mass is 10.2. The number of aromatic nitrogens is 3. The minimum Gasteiger partial charge on any atom is -0.497 e. The van der Waals surface area contributed by atoms with E-state index < -0.39 is 17.2 Å². The molecule has 9 heteroatoms. The largest absolute Gasteiger partial charge is 0.497 e. The summed E-state index contributed by atoms with van der Waals surface area (Å²) in [6, 6.07) is 13.5. The molecule has 0 saturated carbocycles. The van der Waals surface area contributed by atoms with E-state index in [0.29, 0.717) is 28.6 Å². The molecule has 3 aromatic rings. The molecular weight excluding hydrogens is 396 g/mol. The van der Waals surface area contributed by atoms with Gasteiger partial charge in [0.15, 0.2) is 0 Å². The highest BCUT2D eigenvalue weighted by molar-refractivity contribution is 6.31. The molecule has 2 aromatic carbocycles. The van der Waals surface area contributed by atoms with E-state index in [1.54, 1.807) is 55.5 Å². The van der Waals surface area contributed by atoms with Crippen LogP contribution in [0.25, 0.3) is 5.69 Å². The minimum atomic E-state index is -0.792. The van der Waals surface area contributed by atoms with Gasteiger partial charge in [-0.15, -0.1) is 0 Å². The molecule has 0 saturated heterocycles. The minimum absolute atomic E-state index is 0.101. The number of carbonyl (C=O) groups is 1. The molecule has 150 valence electrons. The van der Waals surface area contributed by atoms with Crippen molar-refractivity contribution in [2.24, 2.45) is 0 Å². The molecule has 1 amide bonds. The van der Waals surface area contributed by atoms with Gasteiger partial charge in [0.2, 0.25) is 5.69 Å². The Bertz CT molecular complexity index is 1170. The van der Waals surface area contributed by atoms with E-state index >= 15 is 0 Å². The van der Waals surface area contributed by atoms with Gasteiger partial charge in [0.1, 0.15) is 5.75 Å². The number of carbonyl (C=O) groups excluding carboxylic acids is 1. The SMILES string of the molecule is CCNC(=O)c1nn(-c2cccc(OC)c2)c(=O)n(Cc2ccccc2Cl)c1=O. The van der Waals surface area contributed by atoms with Crippen LogP contribution in [0, 0.1) is 0 Å². The van der Waals surface area contributed by atoms with Gasteiger partial charge in [-0.1, -0.05) is 35.9 Å². The van der Waals surface area contributed by atoms with Crippen LogP contribution in [0.5, 0.6) is 5.75 Å². The number of halogens is 1. The first kappa shape index (κ1) is 20.3. The molecule has 0 spiro atoms. The Hall–Kier alpha value is -3.39. The van der Waals surface area contributed by atoms with Crippen molar-refractivity contribution in [2.75, 3.05) is 13.7 Å². The number of benzene rings is 2. The van der Waals surface area contributed by atoms with Crippen LogP contribution in [0.15, 0.2) is 58.1 Å². The Morgan fingerprint density at radius 3 is 2.62 bits per heavy atom. The van der Waals surface area contributed by atoms with Crippen molar-refractivity contribution in [3.63, 3.8) is 0 Å². The van der Waals surface area contributed by atoms with Crippen molar-refractivity contribution in [3.8, 4) is 11.4 Å². The van der Waals surface area contributed by atoms with Gasteiger partial charge >= 0.3 is 5.69 Å². The van der Waals surface area contributed by atoms with Gasteiger partial charge in [-0.05, 0) is 30.7 Å². The van der Waals surface area contributed by atoms with E-state index in [2.05, 4.69) is 10.4 Å². The number of rotatable bonds is 6. The summed E-state index contributed by atoms with van der Waals surface area (Å²) in [5.74, 6) is -0.165. The molecule has 0 bridgehead atoms. The van der Waals surface area contributed by atoms with Gasteiger partial charge < -0.3 is 10.1 Å². The highest BCUT2D eigenvalue weighted by Gasteiger charge is 2.20. The molecule has 0 aliphatic rings. The molecule has 0 atom stereocenters. The summed E-state index contributed by atoms with van der Waals surface area (Å²) in [7, 11) is 1.49. The zero-order chi connectivity index (χ0) is 21.0. The van der Waals surface area contributed by atoms with Gasteiger partial charge in [0, 0.05) is 17.6 Å². The van der Waals surface area contributed by atoms with Crippen molar-refractivity contribution in [1.82, 2.24) is 19.7 Å². The van der Waals surface area contributed by atoms with Crippen LogP contribution in [0.1, 0.15) is 23.0 Å². The van der Waals surface area contributed by atoms with Crippen LogP contribution < -0.4 is 21.3 Å². The first-order valence-corrected chi connectivity index (χ1v) is 9.24. The number of nitrogens with one attached hydrogen (secondary N) is 1. The van der Waals surface area contributed by atoms with E-state index in [1.165, 1.54) is 7.11 Å². The maximum atomic E-state index is 13.1. The number of ether oxygens (including phenoxy) is 1. The highest BCUT2D eigenvalue weighted by Crippen LogP contribution is 2.16. The van der Waals surface area contributed by atoms with Crippen LogP contribution in [-0.4, -0.2) is 33.9 Å². The molecule has 8 nitrogen and oxygen atoms in total. The average molecular weight is 415 g/mol. The van der Waals surface area contributed by atoms with E-state index in [4.69, 9.17) is 16.3 Å². The Kier molecular flexibility index (Phi) is 6.13. The molecule has 29 heavy (non-hydrogen) atoms. The molecule has 0 aliphatic heterocycles. The monoisotopic (exact) mass is 414 g/mol. The van der Waals surface area contributed by atoms with Gasteiger partial charge in [-0.2, -0.15) is 9.78 Å². The Morgan fingerprint density at radius 1 is 1.17 bits per heavy atom. The smallest absolute Gasteiger partial charge is 0.352 e. The van der Waals surface area contributed by atoms with Gasteiger partial charge in [0.25, 0.3) is 11.5 Å². The lowest BCUT2D eigenvalue weighted by molar-refractivity contribution is 0.0946. The van der Waals surface area contributed by atoms with E-state index in [0.717, 1.165) is 9.25 Å². The zero-order valence-corrected chi connectivity index (χ0v) is 16.6. The van der Waals surface area contributed by atoms with Crippen molar-refractivity contribution in [1.29, 1.82) is 0 Å². The fourth-order valence-corrected chi connectivity index (χ4v) is 2.94. The molecule has 0 fully saturated rings. The summed E-state index contributed by atoms with van der Waals surface area (Å²) < 4.78 is 7.14.